The SMILES string of the molecule is CC(O)n1cnc2cccnc21. The Bertz CT molecular complexity index is 394. The average Bonchev–Trinajstić information content (AvgIpc) is 2.47. The van der Waals surface area contributed by atoms with Crippen molar-refractivity contribution in [1.29, 1.82) is 0 Å². The van der Waals surface area contributed by atoms with E-state index in [-0.39, 0.29) is 0 Å². The Labute approximate surface area is 69.5 Å². The van der Waals surface area contributed by atoms with Crippen molar-refractivity contribution in [3.63, 3.8) is 0 Å². The van der Waals surface area contributed by atoms with Crippen LogP contribution >= 0.6 is 0 Å². The molecule has 12 heavy (non-hydrogen) atoms. The molecule has 0 saturated heterocycles. The van der Waals surface area contributed by atoms with Crippen molar-refractivity contribution in [2.24, 2.45) is 0 Å². The fraction of sp³-hybridized carbons (Fsp3) is 0.250. The zero-order valence-electron chi connectivity index (χ0n) is 6.68. The minimum Gasteiger partial charge on any atom is -0.373 e. The van der Waals surface area contributed by atoms with Crippen molar-refractivity contribution in [2.45, 2.75) is 13.2 Å². The molecule has 0 aliphatic rings. The van der Waals surface area contributed by atoms with Crippen molar-refractivity contribution in [3.8, 4) is 0 Å². The predicted octanol–water partition coefficient (Wildman–Crippen LogP) is 0.942. The van der Waals surface area contributed by atoms with Crippen molar-refractivity contribution in [3.05, 3.63) is 24.7 Å². The zero-order chi connectivity index (χ0) is 8.55. The number of aromatic nitrogens is 3. The van der Waals surface area contributed by atoms with Gasteiger partial charge in [0, 0.05) is 6.20 Å². The molecule has 0 aromatic carbocycles. The number of imidazole rings is 1. The van der Waals surface area contributed by atoms with E-state index in [0.717, 1.165) is 5.52 Å². The number of hydrogen-bond acceptors (Lipinski definition) is 3. The smallest absolute Gasteiger partial charge is 0.161 e. The van der Waals surface area contributed by atoms with Crippen LogP contribution in [0.1, 0.15) is 13.2 Å². The molecule has 0 fully saturated rings. The molecule has 2 aromatic rings. The molecule has 0 aliphatic heterocycles. The molecular weight excluding hydrogens is 154 g/mol. The Kier molecular flexibility index (Phi) is 1.55. The first-order valence-corrected chi connectivity index (χ1v) is 3.74. The second kappa shape index (κ2) is 2.57. The number of hydrogen-bond donors (Lipinski definition) is 1. The first-order chi connectivity index (χ1) is 5.79. The number of nitrogens with zero attached hydrogens (tertiary/aromatic N) is 3. The van der Waals surface area contributed by atoms with Crippen LogP contribution in [0.15, 0.2) is 24.7 Å². The molecule has 2 heterocycles. The predicted molar refractivity (Wildman–Crippen MR) is 44.5 cm³/mol. The van der Waals surface area contributed by atoms with E-state index in [0.29, 0.717) is 5.65 Å². The van der Waals surface area contributed by atoms with Gasteiger partial charge in [0.25, 0.3) is 0 Å². The van der Waals surface area contributed by atoms with Gasteiger partial charge in [-0.15, -0.1) is 0 Å². The van der Waals surface area contributed by atoms with Crippen LogP contribution in [0.25, 0.3) is 11.2 Å². The van der Waals surface area contributed by atoms with E-state index in [4.69, 9.17) is 0 Å². The lowest BCUT2D eigenvalue weighted by atomic mass is 10.4. The second-order valence-electron chi connectivity index (χ2n) is 2.63. The van der Waals surface area contributed by atoms with Gasteiger partial charge in [0.2, 0.25) is 0 Å². The van der Waals surface area contributed by atoms with Crippen LogP contribution < -0.4 is 0 Å². The standard InChI is InChI=1S/C8H9N3O/c1-6(12)11-5-10-7-3-2-4-9-8(7)11/h2-6,12H,1H3. The highest BCUT2D eigenvalue weighted by Crippen LogP contribution is 2.12. The Morgan fingerprint density at radius 3 is 3.08 bits per heavy atom. The average molecular weight is 163 g/mol. The van der Waals surface area contributed by atoms with Gasteiger partial charge in [0.15, 0.2) is 5.65 Å². The monoisotopic (exact) mass is 163 g/mol. The molecule has 4 heteroatoms. The molecule has 1 atom stereocenters. The van der Waals surface area contributed by atoms with E-state index < -0.39 is 6.23 Å². The zero-order valence-corrected chi connectivity index (χ0v) is 6.68. The molecule has 0 amide bonds. The van der Waals surface area contributed by atoms with E-state index in [1.54, 1.807) is 24.0 Å². The fourth-order valence-corrected chi connectivity index (χ4v) is 1.14. The van der Waals surface area contributed by atoms with Crippen molar-refractivity contribution in [1.82, 2.24) is 14.5 Å². The maximum Gasteiger partial charge on any atom is 0.161 e. The highest BCUT2D eigenvalue weighted by Gasteiger charge is 2.05. The van der Waals surface area contributed by atoms with E-state index in [9.17, 15) is 5.11 Å². The first kappa shape index (κ1) is 7.24. The van der Waals surface area contributed by atoms with E-state index in [1.807, 2.05) is 12.1 Å². The summed E-state index contributed by atoms with van der Waals surface area (Å²) < 4.78 is 1.62. The maximum atomic E-state index is 9.29. The number of pyridine rings is 1. The number of rotatable bonds is 1. The van der Waals surface area contributed by atoms with Crippen LogP contribution in [0.3, 0.4) is 0 Å². The maximum absolute atomic E-state index is 9.29. The van der Waals surface area contributed by atoms with Crippen LogP contribution in [-0.2, 0) is 0 Å². The Morgan fingerprint density at radius 2 is 2.33 bits per heavy atom. The third-order valence-corrected chi connectivity index (χ3v) is 1.73. The Balaban J connectivity index is 2.70. The minimum atomic E-state index is -0.579. The quantitative estimate of drug-likeness (QED) is 0.680. The number of fused-ring (bicyclic) bond motifs is 1. The van der Waals surface area contributed by atoms with Gasteiger partial charge < -0.3 is 5.11 Å². The highest BCUT2D eigenvalue weighted by molar-refractivity contribution is 5.70. The van der Waals surface area contributed by atoms with Gasteiger partial charge in [-0.05, 0) is 19.1 Å². The molecule has 0 aliphatic carbocycles. The summed E-state index contributed by atoms with van der Waals surface area (Å²) in [5.74, 6) is 0. The van der Waals surface area contributed by atoms with Crippen molar-refractivity contribution >= 4 is 11.2 Å². The summed E-state index contributed by atoms with van der Waals surface area (Å²) in [5, 5.41) is 9.29. The molecule has 0 bridgehead atoms. The molecule has 0 saturated carbocycles. The lowest BCUT2D eigenvalue weighted by Crippen LogP contribution is -2.02. The third-order valence-electron chi connectivity index (χ3n) is 1.73. The van der Waals surface area contributed by atoms with Gasteiger partial charge in [-0.2, -0.15) is 0 Å². The van der Waals surface area contributed by atoms with Gasteiger partial charge in [0.1, 0.15) is 11.7 Å². The fourth-order valence-electron chi connectivity index (χ4n) is 1.14. The summed E-state index contributed by atoms with van der Waals surface area (Å²) in [4.78, 5) is 8.18. The van der Waals surface area contributed by atoms with E-state index in [2.05, 4.69) is 9.97 Å². The van der Waals surface area contributed by atoms with Gasteiger partial charge in [-0.3, -0.25) is 4.57 Å². The molecule has 62 valence electrons. The van der Waals surface area contributed by atoms with Crippen LogP contribution in [-0.4, -0.2) is 19.6 Å². The van der Waals surface area contributed by atoms with Gasteiger partial charge in [0.05, 0.1) is 6.33 Å². The van der Waals surface area contributed by atoms with Crippen LogP contribution in [0.5, 0.6) is 0 Å². The lowest BCUT2D eigenvalue weighted by Gasteiger charge is -2.04. The molecular formula is C8H9N3O. The number of aliphatic hydroxyl groups is 1. The van der Waals surface area contributed by atoms with Gasteiger partial charge >= 0.3 is 0 Å². The molecule has 4 nitrogen and oxygen atoms in total. The molecule has 0 radical (unpaired) electrons. The normalized spacial score (nSPS) is 13.5. The van der Waals surface area contributed by atoms with Crippen LogP contribution in [0, 0.1) is 0 Å². The van der Waals surface area contributed by atoms with Crippen LogP contribution in [0.2, 0.25) is 0 Å². The van der Waals surface area contributed by atoms with Crippen molar-refractivity contribution in [2.75, 3.05) is 0 Å². The molecule has 2 rings (SSSR count). The summed E-state index contributed by atoms with van der Waals surface area (Å²) >= 11 is 0. The van der Waals surface area contributed by atoms with Gasteiger partial charge in [-0.1, -0.05) is 0 Å². The Morgan fingerprint density at radius 1 is 1.50 bits per heavy atom. The summed E-state index contributed by atoms with van der Waals surface area (Å²) in [6, 6.07) is 3.68. The third kappa shape index (κ3) is 0.967. The van der Waals surface area contributed by atoms with Crippen LogP contribution in [0.4, 0.5) is 0 Å². The second-order valence-corrected chi connectivity index (χ2v) is 2.63. The topological polar surface area (TPSA) is 50.9 Å². The van der Waals surface area contributed by atoms with E-state index >= 15 is 0 Å². The number of aliphatic hydroxyl groups excluding tert-OH is 1. The molecule has 2 aromatic heterocycles. The summed E-state index contributed by atoms with van der Waals surface area (Å²) in [6.45, 7) is 1.68. The first-order valence-electron chi connectivity index (χ1n) is 3.74. The molecule has 0 spiro atoms. The highest BCUT2D eigenvalue weighted by atomic mass is 16.3. The van der Waals surface area contributed by atoms with Crippen molar-refractivity contribution < 1.29 is 5.11 Å². The largest absolute Gasteiger partial charge is 0.373 e. The summed E-state index contributed by atoms with van der Waals surface area (Å²) in [6.07, 6.45) is 2.69. The minimum absolute atomic E-state index is 0.579. The van der Waals surface area contributed by atoms with E-state index in [1.165, 1.54) is 0 Å². The molecule has 1 unspecified atom stereocenters. The molecule has 1 N–H and O–H groups in total. The lowest BCUT2D eigenvalue weighted by molar-refractivity contribution is 0.128. The van der Waals surface area contributed by atoms with Gasteiger partial charge in [-0.25, -0.2) is 9.97 Å². The summed E-state index contributed by atoms with van der Waals surface area (Å²) in [7, 11) is 0. The summed E-state index contributed by atoms with van der Waals surface area (Å²) in [5.41, 5.74) is 1.52. The Hall–Kier alpha value is -1.42.